The van der Waals surface area contributed by atoms with Gasteiger partial charge in [-0.15, -0.1) is 0 Å². The topological polar surface area (TPSA) is 90.1 Å². The number of piperazine rings is 1. The molecule has 3 aromatic heterocycles. The van der Waals surface area contributed by atoms with E-state index >= 15 is 0 Å². The van der Waals surface area contributed by atoms with Crippen molar-refractivity contribution in [3.8, 4) is 22.8 Å². The van der Waals surface area contributed by atoms with E-state index in [1.165, 1.54) is 7.11 Å². The Hall–Kier alpha value is -3.95. The summed E-state index contributed by atoms with van der Waals surface area (Å²) in [6.45, 7) is 3.62. The number of imidazole rings is 1. The predicted octanol–water partition coefficient (Wildman–Crippen LogP) is 3.41. The standard InChI is InChI=1S/C26H24ClN7O2/c1-32-23-15-29-21-5-3-16(17-13-30-25(36-2)31-14-17)11-19(21)24(23)34(26(32)35)18-4-6-22(20(27)12-18)33-9-7-28-8-10-33/h3-6,11-15,28H,7-10H2,1-2H3. The fraction of sp³-hybridized carbons (Fsp3) is 0.231. The van der Waals surface area contributed by atoms with E-state index in [0.717, 1.165) is 64.9 Å². The molecule has 182 valence electrons. The predicted molar refractivity (Wildman–Crippen MR) is 141 cm³/mol. The number of pyridine rings is 1. The molecule has 36 heavy (non-hydrogen) atoms. The van der Waals surface area contributed by atoms with Crippen LogP contribution < -0.4 is 20.6 Å². The first-order chi connectivity index (χ1) is 17.5. The van der Waals surface area contributed by atoms with Crippen LogP contribution in [0.15, 0.2) is 59.8 Å². The van der Waals surface area contributed by atoms with Gasteiger partial charge < -0.3 is 15.0 Å². The number of aryl methyl sites for hydroxylation is 1. The molecule has 9 nitrogen and oxygen atoms in total. The number of halogens is 1. The molecule has 5 aromatic rings. The summed E-state index contributed by atoms with van der Waals surface area (Å²) in [5.74, 6) is 0. The van der Waals surface area contributed by atoms with Gasteiger partial charge in [0.15, 0.2) is 0 Å². The molecule has 1 saturated heterocycles. The maximum Gasteiger partial charge on any atom is 0.333 e. The van der Waals surface area contributed by atoms with Crippen LogP contribution in [-0.4, -0.2) is 57.4 Å². The zero-order valence-corrected chi connectivity index (χ0v) is 20.7. The van der Waals surface area contributed by atoms with Crippen LogP contribution in [0.1, 0.15) is 0 Å². The first-order valence-electron chi connectivity index (χ1n) is 11.7. The molecule has 1 fully saturated rings. The van der Waals surface area contributed by atoms with Crippen molar-refractivity contribution >= 4 is 39.2 Å². The number of ether oxygens (including phenoxy) is 1. The minimum atomic E-state index is -0.163. The Labute approximate surface area is 211 Å². The van der Waals surface area contributed by atoms with Crippen LogP contribution in [-0.2, 0) is 7.05 Å². The number of hydrogen-bond donors (Lipinski definition) is 1. The third-order valence-corrected chi connectivity index (χ3v) is 6.98. The quantitative estimate of drug-likeness (QED) is 0.403. The van der Waals surface area contributed by atoms with Gasteiger partial charge in [-0.1, -0.05) is 17.7 Å². The lowest BCUT2D eigenvalue weighted by Gasteiger charge is -2.30. The van der Waals surface area contributed by atoms with Gasteiger partial charge in [0.2, 0.25) is 0 Å². The molecule has 2 aromatic carbocycles. The van der Waals surface area contributed by atoms with Gasteiger partial charge in [0.25, 0.3) is 0 Å². The van der Waals surface area contributed by atoms with Crippen LogP contribution in [0.4, 0.5) is 5.69 Å². The first kappa shape index (κ1) is 22.5. The summed E-state index contributed by atoms with van der Waals surface area (Å²) in [6.07, 6.45) is 5.17. The zero-order valence-electron chi connectivity index (χ0n) is 19.9. The van der Waals surface area contributed by atoms with Crippen molar-refractivity contribution in [3.63, 3.8) is 0 Å². The molecule has 0 atom stereocenters. The third kappa shape index (κ3) is 3.68. The highest BCUT2D eigenvalue weighted by atomic mass is 35.5. The number of nitrogens with one attached hydrogen (secondary N) is 1. The van der Waals surface area contributed by atoms with Gasteiger partial charge in [-0.25, -0.2) is 14.8 Å². The normalized spacial score (nSPS) is 14.0. The van der Waals surface area contributed by atoms with Crippen molar-refractivity contribution in [1.82, 2.24) is 29.4 Å². The number of anilines is 1. The van der Waals surface area contributed by atoms with Crippen LogP contribution in [0.5, 0.6) is 6.01 Å². The Morgan fingerprint density at radius 2 is 1.75 bits per heavy atom. The van der Waals surface area contributed by atoms with Crippen molar-refractivity contribution in [2.45, 2.75) is 0 Å². The number of hydrogen-bond acceptors (Lipinski definition) is 7. The number of fused-ring (bicyclic) bond motifs is 3. The monoisotopic (exact) mass is 501 g/mol. The Balaban J connectivity index is 1.54. The van der Waals surface area contributed by atoms with Crippen molar-refractivity contribution < 1.29 is 4.74 Å². The van der Waals surface area contributed by atoms with Gasteiger partial charge >= 0.3 is 11.7 Å². The van der Waals surface area contributed by atoms with Gasteiger partial charge in [0.05, 0.1) is 46.3 Å². The maximum atomic E-state index is 13.5. The summed E-state index contributed by atoms with van der Waals surface area (Å²) in [6, 6.07) is 12.1. The van der Waals surface area contributed by atoms with Gasteiger partial charge in [-0.05, 0) is 35.9 Å². The highest BCUT2D eigenvalue weighted by molar-refractivity contribution is 6.33. The largest absolute Gasteiger partial charge is 0.467 e. The molecule has 6 rings (SSSR count). The van der Waals surface area contributed by atoms with E-state index in [1.807, 2.05) is 36.4 Å². The second-order valence-corrected chi connectivity index (χ2v) is 9.14. The zero-order chi connectivity index (χ0) is 24.8. The summed E-state index contributed by atoms with van der Waals surface area (Å²) in [4.78, 5) is 28.8. The molecule has 0 aliphatic carbocycles. The molecule has 0 radical (unpaired) electrons. The summed E-state index contributed by atoms with van der Waals surface area (Å²) >= 11 is 6.75. The average Bonchev–Trinajstić information content (AvgIpc) is 3.19. The molecule has 0 unspecified atom stereocenters. The molecular formula is C26H24ClN7O2. The smallest absolute Gasteiger partial charge is 0.333 e. The number of aromatic nitrogens is 5. The summed E-state index contributed by atoms with van der Waals surface area (Å²) in [7, 11) is 3.29. The number of nitrogens with zero attached hydrogens (tertiary/aromatic N) is 6. The minimum Gasteiger partial charge on any atom is -0.467 e. The van der Waals surface area contributed by atoms with E-state index in [-0.39, 0.29) is 5.69 Å². The lowest BCUT2D eigenvalue weighted by molar-refractivity contribution is 0.380. The number of rotatable bonds is 4. The molecule has 10 heteroatoms. The molecule has 1 aliphatic heterocycles. The van der Waals surface area contributed by atoms with Gasteiger partial charge in [-0.3, -0.25) is 14.1 Å². The minimum absolute atomic E-state index is 0.163. The van der Waals surface area contributed by atoms with Gasteiger partial charge in [-0.2, -0.15) is 0 Å². The van der Waals surface area contributed by atoms with Gasteiger partial charge in [0.1, 0.15) is 0 Å². The Bertz CT molecular complexity index is 1650. The van der Waals surface area contributed by atoms with E-state index in [1.54, 1.807) is 34.8 Å². The highest BCUT2D eigenvalue weighted by Gasteiger charge is 2.19. The van der Waals surface area contributed by atoms with Crippen molar-refractivity contribution in [2.24, 2.45) is 7.05 Å². The molecule has 1 aliphatic rings. The Morgan fingerprint density at radius 3 is 2.47 bits per heavy atom. The van der Waals surface area contributed by atoms with E-state index in [4.69, 9.17) is 16.3 Å². The number of methoxy groups -OCH3 is 1. The SMILES string of the molecule is COc1ncc(-c2ccc3ncc4c(c3c2)n(-c2ccc(N3CCNCC3)c(Cl)c2)c(=O)n4C)cn1. The lowest BCUT2D eigenvalue weighted by Crippen LogP contribution is -2.43. The molecule has 4 heterocycles. The van der Waals surface area contributed by atoms with Crippen LogP contribution in [0.2, 0.25) is 5.02 Å². The Kier molecular flexibility index (Phi) is 5.58. The average molecular weight is 502 g/mol. The van der Waals surface area contributed by atoms with Crippen LogP contribution in [0.25, 0.3) is 38.8 Å². The second kappa shape index (κ2) is 8.92. The summed E-state index contributed by atoms with van der Waals surface area (Å²) in [5, 5.41) is 4.82. The van der Waals surface area contributed by atoms with Crippen LogP contribution >= 0.6 is 11.6 Å². The first-order valence-corrected chi connectivity index (χ1v) is 12.0. The van der Waals surface area contributed by atoms with E-state index in [2.05, 4.69) is 25.2 Å². The molecule has 0 spiro atoms. The third-order valence-electron chi connectivity index (χ3n) is 6.67. The second-order valence-electron chi connectivity index (χ2n) is 8.73. The fourth-order valence-corrected chi connectivity index (χ4v) is 5.08. The number of benzene rings is 2. The van der Waals surface area contributed by atoms with Crippen molar-refractivity contribution in [1.29, 1.82) is 0 Å². The van der Waals surface area contributed by atoms with Crippen LogP contribution in [0, 0.1) is 0 Å². The van der Waals surface area contributed by atoms with Crippen LogP contribution in [0.3, 0.4) is 0 Å². The molecule has 0 saturated carbocycles. The summed E-state index contributed by atoms with van der Waals surface area (Å²) < 4.78 is 8.40. The molecule has 0 bridgehead atoms. The van der Waals surface area contributed by atoms with E-state index < -0.39 is 0 Å². The van der Waals surface area contributed by atoms with Crippen molar-refractivity contribution in [3.05, 3.63) is 70.5 Å². The van der Waals surface area contributed by atoms with Gasteiger partial charge in [0, 0.05) is 56.6 Å². The van der Waals surface area contributed by atoms with E-state index in [0.29, 0.717) is 16.7 Å². The van der Waals surface area contributed by atoms with Crippen molar-refractivity contribution in [2.75, 3.05) is 38.2 Å². The molecule has 1 N–H and O–H groups in total. The summed E-state index contributed by atoms with van der Waals surface area (Å²) in [5.41, 5.74) is 5.56. The molecular weight excluding hydrogens is 478 g/mol. The maximum absolute atomic E-state index is 13.5. The molecule has 0 amide bonds. The highest BCUT2D eigenvalue weighted by Crippen LogP contribution is 2.32. The lowest BCUT2D eigenvalue weighted by atomic mass is 10.1. The van der Waals surface area contributed by atoms with E-state index in [9.17, 15) is 4.79 Å². The fourth-order valence-electron chi connectivity index (χ4n) is 4.78. The Morgan fingerprint density at radius 1 is 0.972 bits per heavy atom.